The van der Waals surface area contributed by atoms with Gasteiger partial charge in [-0.2, -0.15) is 0 Å². The van der Waals surface area contributed by atoms with Crippen LogP contribution in [0.1, 0.15) is 24.1 Å². The summed E-state index contributed by atoms with van der Waals surface area (Å²) in [7, 11) is 1.63. The van der Waals surface area contributed by atoms with Crippen molar-refractivity contribution in [3.63, 3.8) is 0 Å². The Morgan fingerprint density at radius 3 is 2.48 bits per heavy atom. The number of hydrogen-bond donors (Lipinski definition) is 1. The van der Waals surface area contributed by atoms with E-state index in [-0.39, 0.29) is 11.9 Å². The predicted molar refractivity (Wildman–Crippen MR) is 87.4 cm³/mol. The van der Waals surface area contributed by atoms with Crippen molar-refractivity contribution in [2.24, 2.45) is 0 Å². The third-order valence-corrected chi connectivity index (χ3v) is 4.00. The Kier molecular flexibility index (Phi) is 5.39. The summed E-state index contributed by atoms with van der Waals surface area (Å²) >= 11 is 3.50. The van der Waals surface area contributed by atoms with E-state index in [9.17, 15) is 4.79 Å². The molecule has 1 atom stereocenters. The van der Waals surface area contributed by atoms with E-state index in [0.29, 0.717) is 6.42 Å². The molecule has 0 aromatic heterocycles. The van der Waals surface area contributed by atoms with Crippen LogP contribution < -0.4 is 10.1 Å². The van der Waals surface area contributed by atoms with Gasteiger partial charge in [0.1, 0.15) is 5.75 Å². The van der Waals surface area contributed by atoms with E-state index in [0.717, 1.165) is 21.3 Å². The first kappa shape index (κ1) is 15.6. The maximum atomic E-state index is 12.1. The van der Waals surface area contributed by atoms with E-state index < -0.39 is 0 Å². The van der Waals surface area contributed by atoms with E-state index in [1.807, 2.05) is 55.5 Å². The summed E-state index contributed by atoms with van der Waals surface area (Å²) in [5, 5.41) is 3.01. The molecule has 0 fully saturated rings. The zero-order valence-electron chi connectivity index (χ0n) is 12.1. The zero-order valence-corrected chi connectivity index (χ0v) is 13.7. The number of rotatable bonds is 5. The molecule has 0 heterocycles. The van der Waals surface area contributed by atoms with E-state index in [1.54, 1.807) is 7.11 Å². The number of methoxy groups -OCH3 is 1. The highest BCUT2D eigenvalue weighted by molar-refractivity contribution is 9.10. The summed E-state index contributed by atoms with van der Waals surface area (Å²) in [4.78, 5) is 12.1. The molecule has 0 bridgehead atoms. The van der Waals surface area contributed by atoms with Crippen LogP contribution in [0.4, 0.5) is 0 Å². The molecule has 1 amide bonds. The lowest BCUT2D eigenvalue weighted by atomic mass is 10.1. The lowest BCUT2D eigenvalue weighted by molar-refractivity contribution is -0.121. The van der Waals surface area contributed by atoms with E-state index in [2.05, 4.69) is 21.2 Å². The number of benzene rings is 2. The highest BCUT2D eigenvalue weighted by atomic mass is 79.9. The lowest BCUT2D eigenvalue weighted by Crippen LogP contribution is -2.28. The Bertz CT molecular complexity index is 610. The average molecular weight is 348 g/mol. The Morgan fingerprint density at radius 1 is 1.19 bits per heavy atom. The normalized spacial score (nSPS) is 11.8. The van der Waals surface area contributed by atoms with Gasteiger partial charge < -0.3 is 10.1 Å². The highest BCUT2D eigenvalue weighted by Gasteiger charge is 2.12. The second-order valence-electron chi connectivity index (χ2n) is 4.84. The molecule has 0 aliphatic carbocycles. The molecule has 1 N–H and O–H groups in total. The Hall–Kier alpha value is -1.81. The Balaban J connectivity index is 1.96. The summed E-state index contributed by atoms with van der Waals surface area (Å²) in [5.41, 5.74) is 2.04. The van der Waals surface area contributed by atoms with Crippen LogP contribution in [-0.4, -0.2) is 13.0 Å². The van der Waals surface area contributed by atoms with Crippen molar-refractivity contribution in [3.05, 3.63) is 64.1 Å². The fraction of sp³-hybridized carbons (Fsp3) is 0.235. The third-order valence-electron chi connectivity index (χ3n) is 3.27. The largest absolute Gasteiger partial charge is 0.497 e. The number of nitrogens with one attached hydrogen (secondary N) is 1. The minimum atomic E-state index is -0.0358. The average Bonchev–Trinajstić information content (AvgIpc) is 2.48. The van der Waals surface area contributed by atoms with Crippen LogP contribution in [0.2, 0.25) is 0 Å². The molecule has 0 spiro atoms. The molecule has 0 saturated carbocycles. The van der Waals surface area contributed by atoms with Crippen LogP contribution in [0, 0.1) is 0 Å². The Labute approximate surface area is 133 Å². The third kappa shape index (κ3) is 4.33. The van der Waals surface area contributed by atoms with Gasteiger partial charge in [-0.05, 0) is 36.2 Å². The molecule has 2 aromatic rings. The number of ether oxygens (including phenoxy) is 1. The van der Waals surface area contributed by atoms with Crippen LogP contribution in [0.25, 0.3) is 0 Å². The van der Waals surface area contributed by atoms with Crippen molar-refractivity contribution in [2.45, 2.75) is 19.4 Å². The fourth-order valence-electron chi connectivity index (χ4n) is 2.13. The van der Waals surface area contributed by atoms with E-state index >= 15 is 0 Å². The molecule has 0 aliphatic rings. The van der Waals surface area contributed by atoms with Crippen molar-refractivity contribution in [1.29, 1.82) is 0 Å². The van der Waals surface area contributed by atoms with Gasteiger partial charge in [0.15, 0.2) is 0 Å². The molecule has 110 valence electrons. The number of carbonyl (C=O) groups excluding carboxylic acids is 1. The first-order chi connectivity index (χ1) is 10.1. The SMILES string of the molecule is COc1ccc(CC(=O)NC(C)c2ccccc2Br)cc1. The first-order valence-electron chi connectivity index (χ1n) is 6.77. The van der Waals surface area contributed by atoms with Crippen molar-refractivity contribution < 1.29 is 9.53 Å². The van der Waals surface area contributed by atoms with Crippen molar-refractivity contribution in [2.75, 3.05) is 7.11 Å². The summed E-state index contributed by atoms with van der Waals surface area (Å²) in [5.74, 6) is 0.796. The van der Waals surface area contributed by atoms with E-state index in [1.165, 1.54) is 0 Å². The van der Waals surface area contributed by atoms with E-state index in [4.69, 9.17) is 4.74 Å². The van der Waals surface area contributed by atoms with Gasteiger partial charge >= 0.3 is 0 Å². The van der Waals surface area contributed by atoms with Gasteiger partial charge in [0.2, 0.25) is 5.91 Å². The van der Waals surface area contributed by atoms with Crippen molar-refractivity contribution in [1.82, 2.24) is 5.32 Å². The lowest BCUT2D eigenvalue weighted by Gasteiger charge is -2.16. The first-order valence-corrected chi connectivity index (χ1v) is 7.56. The van der Waals surface area contributed by atoms with Gasteiger partial charge in [0.25, 0.3) is 0 Å². The minimum Gasteiger partial charge on any atom is -0.497 e. The zero-order chi connectivity index (χ0) is 15.2. The Morgan fingerprint density at radius 2 is 1.86 bits per heavy atom. The van der Waals surface area contributed by atoms with Crippen LogP contribution in [-0.2, 0) is 11.2 Å². The summed E-state index contributed by atoms with van der Waals surface area (Å²) in [6, 6.07) is 15.4. The molecule has 0 radical (unpaired) electrons. The molecule has 3 nitrogen and oxygen atoms in total. The van der Waals surface area contributed by atoms with Gasteiger partial charge in [0.05, 0.1) is 19.6 Å². The van der Waals surface area contributed by atoms with Crippen molar-refractivity contribution >= 4 is 21.8 Å². The second-order valence-corrected chi connectivity index (χ2v) is 5.69. The highest BCUT2D eigenvalue weighted by Crippen LogP contribution is 2.22. The number of hydrogen-bond acceptors (Lipinski definition) is 2. The van der Waals surface area contributed by atoms with Crippen LogP contribution in [0.5, 0.6) is 5.75 Å². The number of carbonyl (C=O) groups is 1. The summed E-state index contributed by atoms with van der Waals surface area (Å²) in [6.45, 7) is 1.98. The van der Waals surface area contributed by atoms with Gasteiger partial charge in [-0.25, -0.2) is 0 Å². The van der Waals surface area contributed by atoms with Gasteiger partial charge in [-0.3, -0.25) is 4.79 Å². The summed E-state index contributed by atoms with van der Waals surface area (Å²) < 4.78 is 6.11. The van der Waals surface area contributed by atoms with Crippen LogP contribution >= 0.6 is 15.9 Å². The molecule has 1 unspecified atom stereocenters. The van der Waals surface area contributed by atoms with Gasteiger partial charge in [0, 0.05) is 4.47 Å². The molecule has 2 aromatic carbocycles. The second kappa shape index (κ2) is 7.27. The molecule has 0 saturated heterocycles. The quantitative estimate of drug-likeness (QED) is 0.891. The molecule has 4 heteroatoms. The fourth-order valence-corrected chi connectivity index (χ4v) is 2.75. The monoisotopic (exact) mass is 347 g/mol. The summed E-state index contributed by atoms with van der Waals surface area (Å²) in [6.07, 6.45) is 0.360. The maximum Gasteiger partial charge on any atom is 0.224 e. The standard InChI is InChI=1S/C17H18BrNO2/c1-12(15-5-3-4-6-16(15)18)19-17(20)11-13-7-9-14(21-2)10-8-13/h3-10,12H,11H2,1-2H3,(H,19,20). The molecular weight excluding hydrogens is 330 g/mol. The van der Waals surface area contributed by atoms with Crippen molar-refractivity contribution in [3.8, 4) is 5.75 Å². The number of amides is 1. The van der Waals surface area contributed by atoms with Gasteiger partial charge in [-0.1, -0.05) is 46.3 Å². The molecule has 2 rings (SSSR count). The smallest absolute Gasteiger partial charge is 0.224 e. The molecule has 21 heavy (non-hydrogen) atoms. The topological polar surface area (TPSA) is 38.3 Å². The molecule has 0 aliphatic heterocycles. The van der Waals surface area contributed by atoms with Crippen LogP contribution in [0.15, 0.2) is 53.0 Å². The maximum absolute atomic E-state index is 12.1. The minimum absolute atomic E-state index is 0.00317. The van der Waals surface area contributed by atoms with Gasteiger partial charge in [-0.15, -0.1) is 0 Å². The molecular formula is C17H18BrNO2. The number of halogens is 1. The predicted octanol–water partition coefficient (Wildman–Crippen LogP) is 3.88. The van der Waals surface area contributed by atoms with Crippen LogP contribution in [0.3, 0.4) is 0 Å².